The normalized spacial score (nSPS) is 11.2. The molecule has 0 atom stereocenters. The zero-order chi connectivity index (χ0) is 20.8. The van der Waals surface area contributed by atoms with Crippen molar-refractivity contribution < 1.29 is 0 Å². The zero-order valence-corrected chi connectivity index (χ0v) is 17.2. The van der Waals surface area contributed by atoms with Gasteiger partial charge in [-0.3, -0.25) is 0 Å². The van der Waals surface area contributed by atoms with Gasteiger partial charge in [-0.1, -0.05) is 97.6 Å². The van der Waals surface area contributed by atoms with Crippen molar-refractivity contribution in [2.75, 3.05) is 4.90 Å². The van der Waals surface area contributed by atoms with Crippen molar-refractivity contribution in [2.45, 2.75) is 6.92 Å². The molecule has 0 saturated carbocycles. The fraction of sp³-hybridized carbons (Fsp3) is 0.0345. The SMILES string of the molecule is C=C/C(=C\C)N(c1ccc(-c2ccccc2)cc1)c1ccc(-c2ccccc2)cc1. The molecule has 0 spiro atoms. The maximum atomic E-state index is 4.02. The third-order valence-corrected chi connectivity index (χ3v) is 5.23. The van der Waals surface area contributed by atoms with Gasteiger partial charge in [-0.25, -0.2) is 0 Å². The lowest BCUT2D eigenvalue weighted by atomic mass is 10.0. The van der Waals surface area contributed by atoms with Crippen LogP contribution in [0, 0.1) is 0 Å². The van der Waals surface area contributed by atoms with Crippen molar-refractivity contribution in [1.29, 1.82) is 0 Å². The zero-order valence-electron chi connectivity index (χ0n) is 17.2. The first-order valence-corrected chi connectivity index (χ1v) is 10.2. The van der Waals surface area contributed by atoms with Crippen molar-refractivity contribution in [3.63, 3.8) is 0 Å². The monoisotopic (exact) mass is 387 g/mol. The van der Waals surface area contributed by atoms with E-state index in [9.17, 15) is 0 Å². The van der Waals surface area contributed by atoms with E-state index in [0.717, 1.165) is 17.1 Å². The van der Waals surface area contributed by atoms with Crippen LogP contribution in [0.15, 0.2) is 134 Å². The maximum absolute atomic E-state index is 4.02. The molecule has 0 radical (unpaired) electrons. The first-order valence-electron chi connectivity index (χ1n) is 10.2. The summed E-state index contributed by atoms with van der Waals surface area (Å²) in [6.07, 6.45) is 3.99. The van der Waals surface area contributed by atoms with Gasteiger partial charge in [0.2, 0.25) is 0 Å². The molecule has 146 valence electrons. The minimum Gasteiger partial charge on any atom is -0.311 e. The Kier molecular flexibility index (Phi) is 5.91. The molecule has 0 amide bonds. The molecule has 0 saturated heterocycles. The lowest BCUT2D eigenvalue weighted by molar-refractivity contribution is 1.20. The summed E-state index contributed by atoms with van der Waals surface area (Å²) in [6.45, 7) is 6.07. The fourth-order valence-electron chi connectivity index (χ4n) is 3.65. The molecule has 0 aliphatic heterocycles. The molecule has 0 fully saturated rings. The number of benzene rings is 4. The molecule has 0 bridgehead atoms. The Balaban J connectivity index is 1.70. The van der Waals surface area contributed by atoms with Crippen LogP contribution in [0.3, 0.4) is 0 Å². The molecule has 4 aromatic carbocycles. The first kappa shape index (κ1) is 19.5. The smallest absolute Gasteiger partial charge is 0.0461 e. The Hall–Kier alpha value is -3.84. The number of rotatable bonds is 6. The average Bonchev–Trinajstić information content (AvgIpc) is 2.84. The van der Waals surface area contributed by atoms with E-state index >= 15 is 0 Å². The molecule has 0 aliphatic rings. The molecular weight excluding hydrogens is 362 g/mol. The minimum atomic E-state index is 1.05. The van der Waals surface area contributed by atoms with E-state index in [-0.39, 0.29) is 0 Å². The lowest BCUT2D eigenvalue weighted by Crippen LogP contribution is -2.14. The Bertz CT molecular complexity index is 1040. The van der Waals surface area contributed by atoms with E-state index in [4.69, 9.17) is 0 Å². The van der Waals surface area contributed by atoms with E-state index in [2.05, 4.69) is 115 Å². The molecule has 4 rings (SSSR count). The van der Waals surface area contributed by atoms with E-state index in [1.54, 1.807) is 0 Å². The minimum absolute atomic E-state index is 1.05. The van der Waals surface area contributed by atoms with Gasteiger partial charge in [-0.05, 0) is 59.5 Å². The molecule has 1 nitrogen and oxygen atoms in total. The van der Waals surface area contributed by atoms with Gasteiger partial charge < -0.3 is 4.90 Å². The van der Waals surface area contributed by atoms with Crippen LogP contribution >= 0.6 is 0 Å². The van der Waals surface area contributed by atoms with Crippen LogP contribution < -0.4 is 4.90 Å². The maximum Gasteiger partial charge on any atom is 0.0461 e. The second-order valence-electron chi connectivity index (χ2n) is 7.08. The Morgan fingerprint density at radius 1 is 0.567 bits per heavy atom. The number of allylic oxidation sites excluding steroid dienone is 2. The highest BCUT2D eigenvalue weighted by Gasteiger charge is 2.13. The quantitative estimate of drug-likeness (QED) is 0.301. The van der Waals surface area contributed by atoms with Crippen LogP contribution in [0.2, 0.25) is 0 Å². The van der Waals surface area contributed by atoms with Gasteiger partial charge in [-0.15, -0.1) is 0 Å². The van der Waals surface area contributed by atoms with Crippen LogP contribution in [0.1, 0.15) is 6.92 Å². The number of hydrogen-bond acceptors (Lipinski definition) is 1. The summed E-state index contributed by atoms with van der Waals surface area (Å²) in [6, 6.07) is 38.3. The van der Waals surface area contributed by atoms with Crippen molar-refractivity contribution in [1.82, 2.24) is 0 Å². The van der Waals surface area contributed by atoms with E-state index in [0.29, 0.717) is 0 Å². The third kappa shape index (κ3) is 4.11. The van der Waals surface area contributed by atoms with Crippen molar-refractivity contribution >= 4 is 11.4 Å². The second-order valence-corrected chi connectivity index (χ2v) is 7.08. The molecule has 1 heteroatoms. The van der Waals surface area contributed by atoms with Crippen molar-refractivity contribution in [3.8, 4) is 22.3 Å². The van der Waals surface area contributed by atoms with Crippen LogP contribution in [-0.4, -0.2) is 0 Å². The molecule has 0 aliphatic carbocycles. The number of hydrogen-bond donors (Lipinski definition) is 0. The second kappa shape index (κ2) is 9.11. The molecule has 0 unspecified atom stereocenters. The highest BCUT2D eigenvalue weighted by atomic mass is 15.1. The average molecular weight is 388 g/mol. The van der Waals surface area contributed by atoms with E-state index in [1.165, 1.54) is 22.3 Å². The summed E-state index contributed by atoms with van der Waals surface area (Å²) in [5.41, 5.74) is 8.12. The van der Waals surface area contributed by atoms with Gasteiger partial charge in [0.05, 0.1) is 0 Å². The highest BCUT2D eigenvalue weighted by Crippen LogP contribution is 2.33. The molecule has 0 N–H and O–H groups in total. The number of anilines is 2. The summed E-state index contributed by atoms with van der Waals surface area (Å²) in [4.78, 5) is 2.23. The van der Waals surface area contributed by atoms with Crippen LogP contribution in [0.25, 0.3) is 22.3 Å². The third-order valence-electron chi connectivity index (χ3n) is 5.23. The Morgan fingerprint density at radius 2 is 0.933 bits per heavy atom. The van der Waals surface area contributed by atoms with Crippen molar-refractivity contribution in [3.05, 3.63) is 134 Å². The van der Waals surface area contributed by atoms with Crippen LogP contribution in [0.5, 0.6) is 0 Å². The molecule has 30 heavy (non-hydrogen) atoms. The first-order chi connectivity index (χ1) is 14.8. The lowest BCUT2D eigenvalue weighted by Gasteiger charge is -2.26. The summed E-state index contributed by atoms with van der Waals surface area (Å²) in [7, 11) is 0. The van der Waals surface area contributed by atoms with Gasteiger partial charge in [-0.2, -0.15) is 0 Å². The van der Waals surface area contributed by atoms with Crippen LogP contribution in [-0.2, 0) is 0 Å². The largest absolute Gasteiger partial charge is 0.311 e. The predicted octanol–water partition coefficient (Wildman–Crippen LogP) is 8.25. The topological polar surface area (TPSA) is 3.24 Å². The summed E-state index contributed by atoms with van der Waals surface area (Å²) < 4.78 is 0. The van der Waals surface area contributed by atoms with Crippen LogP contribution in [0.4, 0.5) is 11.4 Å². The van der Waals surface area contributed by atoms with Gasteiger partial charge in [0.15, 0.2) is 0 Å². The Morgan fingerprint density at radius 3 is 1.27 bits per heavy atom. The van der Waals surface area contributed by atoms with E-state index in [1.807, 2.05) is 25.1 Å². The van der Waals surface area contributed by atoms with Gasteiger partial charge >= 0.3 is 0 Å². The standard InChI is InChI=1S/C29H25N/c1-3-27(4-2)30(28-19-15-25(16-20-28)23-11-7-5-8-12-23)29-21-17-26(18-22-29)24-13-9-6-10-14-24/h3-22H,1H2,2H3/b27-4+. The van der Waals surface area contributed by atoms with Gasteiger partial charge in [0, 0.05) is 17.1 Å². The molecule has 0 heterocycles. The predicted molar refractivity (Wildman–Crippen MR) is 130 cm³/mol. The molecular formula is C29H25N. The summed E-state index contributed by atoms with van der Waals surface area (Å²) in [5, 5.41) is 0. The number of nitrogens with zero attached hydrogens (tertiary/aromatic N) is 1. The highest BCUT2D eigenvalue weighted by molar-refractivity contribution is 5.75. The van der Waals surface area contributed by atoms with Crippen molar-refractivity contribution in [2.24, 2.45) is 0 Å². The summed E-state index contributed by atoms with van der Waals surface area (Å²) in [5.74, 6) is 0. The molecule has 0 aromatic heterocycles. The Labute approximate surface area is 179 Å². The fourth-order valence-corrected chi connectivity index (χ4v) is 3.65. The summed E-state index contributed by atoms with van der Waals surface area (Å²) >= 11 is 0. The van der Waals surface area contributed by atoms with Gasteiger partial charge in [0.25, 0.3) is 0 Å². The van der Waals surface area contributed by atoms with E-state index < -0.39 is 0 Å². The van der Waals surface area contributed by atoms with Gasteiger partial charge in [0.1, 0.15) is 0 Å². The molecule has 4 aromatic rings.